The van der Waals surface area contributed by atoms with Crippen LogP contribution in [0, 0.1) is 0 Å². The van der Waals surface area contributed by atoms with Crippen LogP contribution in [0.4, 0.5) is 0 Å². The van der Waals surface area contributed by atoms with Gasteiger partial charge in [-0.25, -0.2) is 9.78 Å². The van der Waals surface area contributed by atoms with E-state index >= 15 is 0 Å². The summed E-state index contributed by atoms with van der Waals surface area (Å²) in [5.41, 5.74) is 2.83. The number of carbonyl (C=O) groups is 2. The molecule has 2 aliphatic carbocycles. The van der Waals surface area contributed by atoms with E-state index in [1.807, 2.05) is 24.3 Å². The van der Waals surface area contributed by atoms with Gasteiger partial charge in [-0.3, -0.25) is 4.79 Å². The molecule has 1 heterocycles. The van der Waals surface area contributed by atoms with Crippen LogP contribution in [0.15, 0.2) is 42.5 Å². The van der Waals surface area contributed by atoms with E-state index in [-0.39, 0.29) is 24.6 Å². The summed E-state index contributed by atoms with van der Waals surface area (Å²) in [6.45, 7) is -0.204. The van der Waals surface area contributed by atoms with Crippen molar-refractivity contribution in [3.63, 3.8) is 0 Å². The molecular weight excluding hydrogens is 454 g/mol. The van der Waals surface area contributed by atoms with Crippen molar-refractivity contribution >= 4 is 22.9 Å². The van der Waals surface area contributed by atoms with Crippen LogP contribution >= 0.6 is 0 Å². The second kappa shape index (κ2) is 11.1. The van der Waals surface area contributed by atoms with Gasteiger partial charge in [0.25, 0.3) is 5.91 Å². The molecule has 0 bridgehead atoms. The van der Waals surface area contributed by atoms with Crippen LogP contribution in [-0.4, -0.2) is 52.5 Å². The molecule has 1 amide bonds. The highest BCUT2D eigenvalue weighted by Gasteiger charge is 2.32. The van der Waals surface area contributed by atoms with Crippen LogP contribution in [0.25, 0.3) is 22.4 Å². The first-order valence-corrected chi connectivity index (χ1v) is 13.2. The van der Waals surface area contributed by atoms with E-state index in [9.17, 15) is 9.59 Å². The molecule has 0 saturated heterocycles. The summed E-state index contributed by atoms with van der Waals surface area (Å²) in [4.78, 5) is 36.2. The van der Waals surface area contributed by atoms with Crippen LogP contribution in [0.1, 0.15) is 74.6 Å². The van der Waals surface area contributed by atoms with Crippen LogP contribution in [0.3, 0.4) is 0 Å². The second-order valence-electron chi connectivity index (χ2n) is 10.0. The fourth-order valence-electron chi connectivity index (χ4n) is 5.73. The molecule has 2 fully saturated rings. The number of benzene rings is 2. The Morgan fingerprint density at radius 1 is 0.917 bits per heavy atom. The number of ether oxygens (including phenoxy) is 2. The van der Waals surface area contributed by atoms with Gasteiger partial charge in [-0.05, 0) is 68.1 Å². The summed E-state index contributed by atoms with van der Waals surface area (Å²) >= 11 is 0. The SMILES string of the molecule is COc1ccc(-c2nc3ccc(C(=O)OCC(=O)N(C4CCCCC4)C4CCCCC4)cc3[nH]2)cc1. The first-order valence-electron chi connectivity index (χ1n) is 13.2. The zero-order chi connectivity index (χ0) is 24.9. The monoisotopic (exact) mass is 489 g/mol. The van der Waals surface area contributed by atoms with Crippen molar-refractivity contribution < 1.29 is 19.1 Å². The minimum atomic E-state index is -0.488. The minimum absolute atomic E-state index is 0.0495. The van der Waals surface area contributed by atoms with Crippen molar-refractivity contribution in [2.24, 2.45) is 0 Å². The average molecular weight is 490 g/mol. The number of nitrogens with one attached hydrogen (secondary N) is 1. The predicted molar refractivity (Wildman–Crippen MR) is 139 cm³/mol. The Balaban J connectivity index is 1.26. The number of H-pyrrole nitrogens is 1. The summed E-state index contributed by atoms with van der Waals surface area (Å²) in [5, 5.41) is 0. The van der Waals surface area contributed by atoms with Gasteiger partial charge < -0.3 is 19.4 Å². The molecule has 1 N–H and O–H groups in total. The van der Waals surface area contributed by atoms with E-state index in [0.717, 1.165) is 48.0 Å². The third-order valence-electron chi connectivity index (χ3n) is 7.63. The molecule has 0 radical (unpaired) electrons. The number of amides is 1. The van der Waals surface area contributed by atoms with Crippen LogP contribution in [0.2, 0.25) is 0 Å². The Morgan fingerprint density at radius 2 is 1.56 bits per heavy atom. The third kappa shape index (κ3) is 5.40. The van der Waals surface area contributed by atoms with Gasteiger partial charge in [-0.15, -0.1) is 0 Å². The molecule has 3 aromatic rings. The normalized spacial score (nSPS) is 17.1. The van der Waals surface area contributed by atoms with Gasteiger partial charge in [-0.1, -0.05) is 38.5 Å². The van der Waals surface area contributed by atoms with Gasteiger partial charge in [0.05, 0.1) is 23.7 Å². The molecule has 2 saturated carbocycles. The number of aromatic amines is 1. The lowest BCUT2D eigenvalue weighted by Crippen LogP contribution is -2.50. The Kier molecular flexibility index (Phi) is 7.54. The zero-order valence-corrected chi connectivity index (χ0v) is 21.0. The Hall–Kier alpha value is -3.35. The predicted octanol–water partition coefficient (Wildman–Crippen LogP) is 5.89. The molecule has 2 aromatic carbocycles. The maximum absolute atomic E-state index is 13.3. The van der Waals surface area contributed by atoms with Gasteiger partial charge in [0, 0.05) is 17.6 Å². The third-order valence-corrected chi connectivity index (χ3v) is 7.63. The number of methoxy groups -OCH3 is 1. The van der Waals surface area contributed by atoms with Crippen molar-refractivity contribution in [2.45, 2.75) is 76.3 Å². The second-order valence-corrected chi connectivity index (χ2v) is 10.0. The van der Waals surface area contributed by atoms with E-state index in [4.69, 9.17) is 9.47 Å². The van der Waals surface area contributed by atoms with Crippen LogP contribution < -0.4 is 4.74 Å². The maximum Gasteiger partial charge on any atom is 0.338 e. The average Bonchev–Trinajstić information content (AvgIpc) is 3.37. The van der Waals surface area contributed by atoms with Gasteiger partial charge >= 0.3 is 5.97 Å². The molecule has 0 aliphatic heterocycles. The molecule has 0 unspecified atom stereocenters. The number of nitrogens with zero attached hydrogens (tertiary/aromatic N) is 2. The van der Waals surface area contributed by atoms with Crippen molar-refractivity contribution in [1.82, 2.24) is 14.9 Å². The molecule has 36 heavy (non-hydrogen) atoms. The fourth-order valence-corrected chi connectivity index (χ4v) is 5.73. The van der Waals surface area contributed by atoms with E-state index in [0.29, 0.717) is 11.4 Å². The van der Waals surface area contributed by atoms with Crippen LogP contribution in [-0.2, 0) is 9.53 Å². The molecule has 2 aliphatic rings. The van der Waals surface area contributed by atoms with E-state index in [1.165, 1.54) is 38.5 Å². The highest BCUT2D eigenvalue weighted by Crippen LogP contribution is 2.30. The number of hydrogen-bond acceptors (Lipinski definition) is 5. The number of rotatable bonds is 7. The van der Waals surface area contributed by atoms with E-state index < -0.39 is 5.97 Å². The highest BCUT2D eigenvalue weighted by atomic mass is 16.5. The Bertz CT molecular complexity index is 1170. The smallest absolute Gasteiger partial charge is 0.338 e. The molecule has 0 atom stereocenters. The molecule has 190 valence electrons. The number of hydrogen-bond donors (Lipinski definition) is 1. The maximum atomic E-state index is 13.3. The summed E-state index contributed by atoms with van der Waals surface area (Å²) in [6.07, 6.45) is 11.4. The Morgan fingerprint density at radius 3 is 2.17 bits per heavy atom. The lowest BCUT2D eigenvalue weighted by atomic mass is 9.88. The van der Waals surface area contributed by atoms with Gasteiger partial charge in [0.15, 0.2) is 6.61 Å². The summed E-state index contributed by atoms with van der Waals surface area (Å²) in [7, 11) is 1.63. The summed E-state index contributed by atoms with van der Waals surface area (Å²) < 4.78 is 10.8. The van der Waals surface area contributed by atoms with E-state index in [1.54, 1.807) is 25.3 Å². The summed E-state index contributed by atoms with van der Waals surface area (Å²) in [6, 6.07) is 13.4. The number of imidazole rings is 1. The molecule has 7 nitrogen and oxygen atoms in total. The highest BCUT2D eigenvalue weighted by molar-refractivity contribution is 5.95. The largest absolute Gasteiger partial charge is 0.497 e. The molecule has 1 aromatic heterocycles. The van der Waals surface area contributed by atoms with Gasteiger partial charge in [-0.2, -0.15) is 0 Å². The first kappa shape index (κ1) is 24.3. The Labute approximate surface area is 212 Å². The fraction of sp³-hybridized carbons (Fsp3) is 0.483. The minimum Gasteiger partial charge on any atom is -0.497 e. The number of carbonyl (C=O) groups excluding carboxylic acids is 2. The summed E-state index contributed by atoms with van der Waals surface area (Å²) in [5.74, 6) is 0.952. The van der Waals surface area contributed by atoms with Crippen molar-refractivity contribution in [2.75, 3.05) is 13.7 Å². The van der Waals surface area contributed by atoms with Crippen molar-refractivity contribution in [3.8, 4) is 17.1 Å². The molecule has 0 spiro atoms. The van der Waals surface area contributed by atoms with Crippen molar-refractivity contribution in [3.05, 3.63) is 48.0 Å². The van der Waals surface area contributed by atoms with E-state index in [2.05, 4.69) is 14.9 Å². The number of fused-ring (bicyclic) bond motifs is 1. The number of esters is 1. The standard InChI is InChI=1S/C29H35N3O4/c1-35-24-15-12-20(13-16-24)28-30-25-17-14-21(18-26(25)31-28)29(34)36-19-27(33)32(22-8-4-2-5-9-22)23-10-6-3-7-11-23/h12-18,22-23H,2-11,19H2,1H3,(H,30,31). The van der Waals surface area contributed by atoms with Crippen LogP contribution in [0.5, 0.6) is 5.75 Å². The van der Waals surface area contributed by atoms with Gasteiger partial charge in [0.2, 0.25) is 0 Å². The quantitative estimate of drug-likeness (QED) is 0.418. The molecular formula is C29H35N3O4. The van der Waals surface area contributed by atoms with Gasteiger partial charge in [0.1, 0.15) is 11.6 Å². The van der Waals surface area contributed by atoms with Crippen molar-refractivity contribution in [1.29, 1.82) is 0 Å². The molecule has 7 heteroatoms. The first-order chi connectivity index (χ1) is 17.6. The lowest BCUT2D eigenvalue weighted by Gasteiger charge is -2.41. The topological polar surface area (TPSA) is 84.5 Å². The molecule has 5 rings (SSSR count). The zero-order valence-electron chi connectivity index (χ0n) is 21.0. The lowest BCUT2D eigenvalue weighted by molar-refractivity contribution is -0.141. The number of aromatic nitrogens is 2.